The molecular weight excluding hydrogens is 206 g/mol. The van der Waals surface area contributed by atoms with E-state index in [9.17, 15) is 0 Å². The summed E-state index contributed by atoms with van der Waals surface area (Å²) >= 11 is 5.35. The molecule has 3 heteroatoms. The Labute approximate surface area is 98.7 Å². The van der Waals surface area contributed by atoms with Gasteiger partial charge in [0.25, 0.3) is 0 Å². The van der Waals surface area contributed by atoms with Crippen LogP contribution in [-0.4, -0.2) is 34.2 Å². The van der Waals surface area contributed by atoms with Crippen LogP contribution in [0.25, 0.3) is 0 Å². The van der Waals surface area contributed by atoms with E-state index in [0.29, 0.717) is 6.04 Å². The minimum Gasteiger partial charge on any atom is -0.396 e. The third-order valence-electron chi connectivity index (χ3n) is 3.15. The van der Waals surface area contributed by atoms with Gasteiger partial charge in [0.2, 0.25) is 0 Å². The summed E-state index contributed by atoms with van der Waals surface area (Å²) in [6, 6.07) is 0.497. The van der Waals surface area contributed by atoms with Gasteiger partial charge in [-0.15, -0.1) is 0 Å². The highest BCUT2D eigenvalue weighted by atomic mass is 32.1. The fourth-order valence-corrected chi connectivity index (χ4v) is 2.67. The lowest BCUT2D eigenvalue weighted by Crippen LogP contribution is -2.36. The second-order valence-electron chi connectivity index (χ2n) is 4.35. The molecule has 1 unspecified atom stereocenters. The largest absolute Gasteiger partial charge is 0.396 e. The van der Waals surface area contributed by atoms with Gasteiger partial charge in [0.1, 0.15) is 0 Å². The SMILES string of the molecule is CCCCCC(CCO)N1CCCC1=S. The molecule has 0 saturated carbocycles. The van der Waals surface area contributed by atoms with Crippen molar-refractivity contribution >= 4 is 17.2 Å². The van der Waals surface area contributed by atoms with Crippen molar-refractivity contribution in [3.8, 4) is 0 Å². The molecule has 0 spiro atoms. The lowest BCUT2D eigenvalue weighted by Gasteiger charge is -2.29. The first-order valence-electron chi connectivity index (χ1n) is 6.20. The lowest BCUT2D eigenvalue weighted by atomic mass is 10.0. The predicted octanol–water partition coefficient (Wildman–Crippen LogP) is 2.74. The topological polar surface area (TPSA) is 23.5 Å². The van der Waals surface area contributed by atoms with Crippen LogP contribution in [0.2, 0.25) is 0 Å². The first-order valence-corrected chi connectivity index (χ1v) is 6.60. The van der Waals surface area contributed by atoms with E-state index < -0.39 is 0 Å². The Kier molecular flexibility index (Phi) is 6.18. The maximum atomic E-state index is 9.07. The lowest BCUT2D eigenvalue weighted by molar-refractivity contribution is 0.217. The standard InChI is InChI=1S/C12H23NOS/c1-2-3-4-6-11(8-10-14)13-9-5-7-12(13)15/h11,14H,2-10H2,1H3. The Morgan fingerprint density at radius 2 is 2.20 bits per heavy atom. The molecule has 0 amide bonds. The minimum atomic E-state index is 0.288. The zero-order valence-electron chi connectivity index (χ0n) is 9.74. The summed E-state index contributed by atoms with van der Waals surface area (Å²) < 4.78 is 0. The van der Waals surface area contributed by atoms with E-state index in [2.05, 4.69) is 11.8 Å². The molecule has 0 radical (unpaired) electrons. The molecule has 1 aliphatic heterocycles. The first-order chi connectivity index (χ1) is 7.29. The van der Waals surface area contributed by atoms with E-state index in [4.69, 9.17) is 17.3 Å². The monoisotopic (exact) mass is 229 g/mol. The number of unbranched alkanes of at least 4 members (excludes halogenated alkanes) is 2. The summed E-state index contributed by atoms with van der Waals surface area (Å²) in [7, 11) is 0. The number of aliphatic hydroxyl groups excluding tert-OH is 1. The van der Waals surface area contributed by atoms with E-state index in [1.54, 1.807) is 0 Å². The van der Waals surface area contributed by atoms with E-state index in [1.807, 2.05) is 0 Å². The number of hydrogen-bond donors (Lipinski definition) is 1. The Bertz CT molecular complexity index is 196. The van der Waals surface area contributed by atoms with Gasteiger partial charge in [-0.3, -0.25) is 0 Å². The van der Waals surface area contributed by atoms with Crippen molar-refractivity contribution in [3.63, 3.8) is 0 Å². The smallest absolute Gasteiger partial charge is 0.0782 e. The van der Waals surface area contributed by atoms with Crippen LogP contribution in [0.4, 0.5) is 0 Å². The van der Waals surface area contributed by atoms with Crippen LogP contribution in [-0.2, 0) is 0 Å². The molecule has 88 valence electrons. The number of nitrogens with zero attached hydrogens (tertiary/aromatic N) is 1. The highest BCUT2D eigenvalue weighted by molar-refractivity contribution is 7.80. The van der Waals surface area contributed by atoms with E-state index in [1.165, 1.54) is 32.1 Å². The number of rotatable bonds is 7. The summed E-state index contributed by atoms with van der Waals surface area (Å²) in [6.45, 7) is 3.62. The van der Waals surface area contributed by atoms with Crippen LogP contribution in [0, 0.1) is 0 Å². The first kappa shape index (κ1) is 12.9. The molecule has 0 aromatic carbocycles. The van der Waals surface area contributed by atoms with Crippen molar-refractivity contribution in [1.82, 2.24) is 4.90 Å². The van der Waals surface area contributed by atoms with Crippen LogP contribution in [0.5, 0.6) is 0 Å². The van der Waals surface area contributed by atoms with Crippen LogP contribution in [0.3, 0.4) is 0 Å². The molecule has 0 aliphatic carbocycles. The van der Waals surface area contributed by atoms with Crippen molar-refractivity contribution in [1.29, 1.82) is 0 Å². The normalized spacial score (nSPS) is 18.5. The average molecular weight is 229 g/mol. The third kappa shape index (κ3) is 4.07. The molecule has 0 aromatic heterocycles. The zero-order chi connectivity index (χ0) is 11.1. The molecular formula is C12H23NOS. The number of thiocarbonyl (C=S) groups is 1. The van der Waals surface area contributed by atoms with E-state index in [0.717, 1.165) is 24.4 Å². The van der Waals surface area contributed by atoms with Crippen molar-refractivity contribution in [3.05, 3.63) is 0 Å². The van der Waals surface area contributed by atoms with E-state index >= 15 is 0 Å². The van der Waals surface area contributed by atoms with Crippen LogP contribution in [0.1, 0.15) is 51.9 Å². The fourth-order valence-electron chi connectivity index (χ4n) is 2.29. The van der Waals surface area contributed by atoms with Gasteiger partial charge in [0.05, 0.1) is 4.99 Å². The molecule has 2 nitrogen and oxygen atoms in total. The molecule has 1 atom stereocenters. The second kappa shape index (κ2) is 7.18. The Morgan fingerprint density at radius 3 is 2.73 bits per heavy atom. The van der Waals surface area contributed by atoms with Gasteiger partial charge in [-0.25, -0.2) is 0 Å². The predicted molar refractivity (Wildman–Crippen MR) is 68.2 cm³/mol. The molecule has 15 heavy (non-hydrogen) atoms. The van der Waals surface area contributed by atoms with Gasteiger partial charge in [0.15, 0.2) is 0 Å². The minimum absolute atomic E-state index is 0.288. The van der Waals surface area contributed by atoms with Gasteiger partial charge >= 0.3 is 0 Å². The maximum Gasteiger partial charge on any atom is 0.0782 e. The second-order valence-corrected chi connectivity index (χ2v) is 4.82. The van der Waals surface area contributed by atoms with Crippen LogP contribution >= 0.6 is 12.2 Å². The highest BCUT2D eigenvalue weighted by Crippen LogP contribution is 2.21. The molecule has 0 bridgehead atoms. The molecule has 0 aromatic rings. The molecule has 1 aliphatic rings. The summed E-state index contributed by atoms with van der Waals surface area (Å²) in [6.07, 6.45) is 8.16. The summed E-state index contributed by atoms with van der Waals surface area (Å²) in [5, 5.41) is 9.07. The summed E-state index contributed by atoms with van der Waals surface area (Å²) in [5.41, 5.74) is 0. The molecule has 1 heterocycles. The van der Waals surface area contributed by atoms with Crippen LogP contribution in [0.15, 0.2) is 0 Å². The van der Waals surface area contributed by atoms with Crippen molar-refractivity contribution < 1.29 is 5.11 Å². The number of likely N-dealkylation sites (tertiary alicyclic amines) is 1. The summed E-state index contributed by atoms with van der Waals surface area (Å²) in [5.74, 6) is 0. The maximum absolute atomic E-state index is 9.07. The molecule has 1 fully saturated rings. The van der Waals surface area contributed by atoms with Crippen molar-refractivity contribution in [2.45, 2.75) is 57.9 Å². The average Bonchev–Trinajstić information content (AvgIpc) is 2.64. The Hall–Kier alpha value is -0.150. The van der Waals surface area contributed by atoms with Crippen LogP contribution < -0.4 is 0 Å². The van der Waals surface area contributed by atoms with Crippen molar-refractivity contribution in [2.75, 3.05) is 13.2 Å². The molecule has 1 saturated heterocycles. The number of hydrogen-bond acceptors (Lipinski definition) is 2. The van der Waals surface area contributed by atoms with Gasteiger partial charge in [-0.1, -0.05) is 38.4 Å². The summed E-state index contributed by atoms with van der Waals surface area (Å²) in [4.78, 5) is 3.46. The molecule has 1 rings (SSSR count). The third-order valence-corrected chi connectivity index (χ3v) is 3.59. The zero-order valence-corrected chi connectivity index (χ0v) is 10.6. The van der Waals surface area contributed by atoms with Gasteiger partial charge < -0.3 is 10.0 Å². The van der Waals surface area contributed by atoms with Gasteiger partial charge in [-0.05, 0) is 25.7 Å². The number of aliphatic hydroxyl groups is 1. The fraction of sp³-hybridized carbons (Fsp3) is 0.917. The van der Waals surface area contributed by atoms with Gasteiger partial charge in [-0.2, -0.15) is 0 Å². The molecule has 1 N–H and O–H groups in total. The van der Waals surface area contributed by atoms with E-state index in [-0.39, 0.29) is 6.61 Å². The Balaban J connectivity index is 2.37. The quantitative estimate of drug-likeness (QED) is 0.536. The highest BCUT2D eigenvalue weighted by Gasteiger charge is 2.24. The van der Waals surface area contributed by atoms with Gasteiger partial charge in [0, 0.05) is 19.2 Å². The Morgan fingerprint density at radius 1 is 1.40 bits per heavy atom. The van der Waals surface area contributed by atoms with Crippen molar-refractivity contribution in [2.24, 2.45) is 0 Å².